The maximum atomic E-state index is 11.8. The van der Waals surface area contributed by atoms with Crippen molar-refractivity contribution in [1.29, 1.82) is 0 Å². The highest BCUT2D eigenvalue weighted by molar-refractivity contribution is 5.77. The van der Waals surface area contributed by atoms with E-state index in [-0.39, 0.29) is 12.7 Å². The predicted octanol–water partition coefficient (Wildman–Crippen LogP) is 1.30. The van der Waals surface area contributed by atoms with Crippen LogP contribution in [0.15, 0.2) is 18.2 Å². The van der Waals surface area contributed by atoms with Crippen LogP contribution in [0.2, 0.25) is 0 Å². The van der Waals surface area contributed by atoms with Gasteiger partial charge in [0.15, 0.2) is 0 Å². The molecule has 1 fully saturated rings. The van der Waals surface area contributed by atoms with Gasteiger partial charge in [0.1, 0.15) is 24.8 Å². The SMILES string of the molecule is Cc1nc2cc(OCCOC(=O)N3CCNCC3)ccc2n1C. The number of hydrogen-bond acceptors (Lipinski definition) is 5. The van der Waals surface area contributed by atoms with Crippen LogP contribution in [0.4, 0.5) is 4.79 Å². The summed E-state index contributed by atoms with van der Waals surface area (Å²) in [4.78, 5) is 18.0. The number of rotatable bonds is 4. The van der Waals surface area contributed by atoms with Gasteiger partial charge >= 0.3 is 6.09 Å². The van der Waals surface area contributed by atoms with Crippen molar-refractivity contribution < 1.29 is 14.3 Å². The van der Waals surface area contributed by atoms with Gasteiger partial charge in [-0.15, -0.1) is 0 Å². The number of carbonyl (C=O) groups excluding carboxylic acids is 1. The molecule has 1 aliphatic rings. The topological polar surface area (TPSA) is 68.6 Å². The van der Waals surface area contributed by atoms with E-state index < -0.39 is 0 Å². The largest absolute Gasteiger partial charge is 0.490 e. The van der Waals surface area contributed by atoms with Gasteiger partial charge in [0.05, 0.1) is 11.0 Å². The van der Waals surface area contributed by atoms with Gasteiger partial charge in [-0.3, -0.25) is 0 Å². The van der Waals surface area contributed by atoms with Crippen LogP contribution >= 0.6 is 0 Å². The lowest BCUT2D eigenvalue weighted by atomic mass is 10.3. The molecular weight excluding hydrogens is 296 g/mol. The first-order valence-electron chi connectivity index (χ1n) is 7.83. The minimum atomic E-state index is -0.272. The van der Waals surface area contributed by atoms with Crippen LogP contribution in [-0.2, 0) is 11.8 Å². The minimum Gasteiger partial charge on any atom is -0.490 e. The highest BCUT2D eigenvalue weighted by Crippen LogP contribution is 2.20. The van der Waals surface area contributed by atoms with Crippen molar-refractivity contribution in [3.8, 4) is 5.75 Å². The van der Waals surface area contributed by atoms with Crippen molar-refractivity contribution in [2.75, 3.05) is 39.4 Å². The number of aryl methyl sites for hydroxylation is 2. The minimum absolute atomic E-state index is 0.238. The molecule has 2 heterocycles. The average molecular weight is 318 g/mol. The molecule has 3 rings (SSSR count). The Morgan fingerprint density at radius 3 is 2.87 bits per heavy atom. The lowest BCUT2D eigenvalue weighted by Crippen LogP contribution is -2.46. The molecule has 1 amide bonds. The second-order valence-corrected chi connectivity index (χ2v) is 5.57. The molecule has 0 atom stereocenters. The third kappa shape index (κ3) is 3.56. The Morgan fingerprint density at radius 1 is 1.30 bits per heavy atom. The molecule has 1 saturated heterocycles. The molecule has 1 aromatic heterocycles. The van der Waals surface area contributed by atoms with Crippen LogP contribution in [0.25, 0.3) is 11.0 Å². The molecule has 0 bridgehead atoms. The van der Waals surface area contributed by atoms with Gasteiger partial charge in [0, 0.05) is 39.3 Å². The molecule has 7 heteroatoms. The van der Waals surface area contributed by atoms with Crippen LogP contribution in [-0.4, -0.2) is 59.9 Å². The lowest BCUT2D eigenvalue weighted by Gasteiger charge is -2.26. The predicted molar refractivity (Wildman–Crippen MR) is 86.7 cm³/mol. The summed E-state index contributed by atoms with van der Waals surface area (Å²) in [6.07, 6.45) is -0.272. The first kappa shape index (κ1) is 15.6. The number of hydrogen-bond donors (Lipinski definition) is 1. The van der Waals surface area contributed by atoms with Gasteiger partial charge in [0.25, 0.3) is 0 Å². The molecule has 23 heavy (non-hydrogen) atoms. The zero-order valence-corrected chi connectivity index (χ0v) is 13.5. The molecule has 1 N–H and O–H groups in total. The van der Waals surface area contributed by atoms with Gasteiger partial charge in [0.2, 0.25) is 0 Å². The Balaban J connectivity index is 1.48. The third-order valence-electron chi connectivity index (χ3n) is 4.03. The smallest absolute Gasteiger partial charge is 0.409 e. The summed E-state index contributed by atoms with van der Waals surface area (Å²) < 4.78 is 12.9. The molecule has 1 aromatic carbocycles. The van der Waals surface area contributed by atoms with E-state index in [0.29, 0.717) is 19.7 Å². The Morgan fingerprint density at radius 2 is 2.09 bits per heavy atom. The zero-order chi connectivity index (χ0) is 16.2. The highest BCUT2D eigenvalue weighted by atomic mass is 16.6. The second kappa shape index (κ2) is 6.87. The third-order valence-corrected chi connectivity index (χ3v) is 4.03. The molecule has 124 valence electrons. The van der Waals surface area contributed by atoms with E-state index in [9.17, 15) is 4.79 Å². The van der Waals surface area contributed by atoms with Gasteiger partial charge in [-0.05, 0) is 19.1 Å². The lowest BCUT2D eigenvalue weighted by molar-refractivity contribution is 0.0844. The molecule has 2 aromatic rings. The number of amides is 1. The number of fused-ring (bicyclic) bond motifs is 1. The molecule has 7 nitrogen and oxygen atoms in total. The Hall–Kier alpha value is -2.28. The molecule has 1 aliphatic heterocycles. The first-order valence-corrected chi connectivity index (χ1v) is 7.83. The van der Waals surface area contributed by atoms with E-state index in [1.54, 1.807) is 4.90 Å². The molecule has 0 unspecified atom stereocenters. The number of ether oxygens (including phenoxy) is 2. The zero-order valence-electron chi connectivity index (χ0n) is 13.5. The number of benzene rings is 1. The molecular formula is C16H22N4O3. The Bertz CT molecular complexity index is 692. The average Bonchev–Trinajstić information content (AvgIpc) is 2.86. The fraction of sp³-hybridized carbons (Fsp3) is 0.500. The summed E-state index contributed by atoms with van der Waals surface area (Å²) in [6.45, 7) is 5.54. The number of nitrogens with one attached hydrogen (secondary N) is 1. The quantitative estimate of drug-likeness (QED) is 0.861. The van der Waals surface area contributed by atoms with Crippen molar-refractivity contribution in [2.45, 2.75) is 6.92 Å². The summed E-state index contributed by atoms with van der Waals surface area (Å²) >= 11 is 0. The summed E-state index contributed by atoms with van der Waals surface area (Å²) in [5.74, 6) is 1.69. The molecule has 0 aliphatic carbocycles. The number of imidazole rings is 1. The monoisotopic (exact) mass is 318 g/mol. The van der Waals surface area contributed by atoms with Crippen molar-refractivity contribution in [3.63, 3.8) is 0 Å². The van der Waals surface area contributed by atoms with Gasteiger partial charge in [-0.1, -0.05) is 0 Å². The van der Waals surface area contributed by atoms with E-state index in [0.717, 1.165) is 35.7 Å². The maximum absolute atomic E-state index is 11.8. The van der Waals surface area contributed by atoms with Crippen LogP contribution in [0.5, 0.6) is 5.75 Å². The fourth-order valence-corrected chi connectivity index (χ4v) is 2.62. The number of carbonyl (C=O) groups is 1. The van der Waals surface area contributed by atoms with Crippen LogP contribution in [0.3, 0.4) is 0 Å². The van der Waals surface area contributed by atoms with Crippen molar-refractivity contribution in [2.24, 2.45) is 7.05 Å². The van der Waals surface area contributed by atoms with Gasteiger partial charge in [-0.2, -0.15) is 0 Å². The Kier molecular flexibility index (Phi) is 4.66. The van der Waals surface area contributed by atoms with Crippen LogP contribution in [0, 0.1) is 6.92 Å². The van der Waals surface area contributed by atoms with E-state index in [1.807, 2.05) is 36.7 Å². The van der Waals surface area contributed by atoms with Crippen LogP contribution in [0.1, 0.15) is 5.82 Å². The van der Waals surface area contributed by atoms with E-state index >= 15 is 0 Å². The molecule has 0 radical (unpaired) electrons. The van der Waals surface area contributed by atoms with Gasteiger partial charge < -0.3 is 24.3 Å². The van der Waals surface area contributed by atoms with Crippen molar-refractivity contribution in [1.82, 2.24) is 19.8 Å². The van der Waals surface area contributed by atoms with Crippen molar-refractivity contribution in [3.05, 3.63) is 24.0 Å². The van der Waals surface area contributed by atoms with E-state index in [1.165, 1.54) is 0 Å². The number of aromatic nitrogens is 2. The molecule has 0 spiro atoms. The summed E-state index contributed by atoms with van der Waals surface area (Å²) in [5.41, 5.74) is 1.97. The highest BCUT2D eigenvalue weighted by Gasteiger charge is 2.17. The maximum Gasteiger partial charge on any atom is 0.409 e. The van der Waals surface area contributed by atoms with Crippen LogP contribution < -0.4 is 10.1 Å². The van der Waals surface area contributed by atoms with E-state index in [4.69, 9.17) is 9.47 Å². The fourth-order valence-electron chi connectivity index (χ4n) is 2.62. The van der Waals surface area contributed by atoms with Gasteiger partial charge in [-0.25, -0.2) is 9.78 Å². The summed E-state index contributed by atoms with van der Waals surface area (Å²) in [6, 6.07) is 5.79. The summed E-state index contributed by atoms with van der Waals surface area (Å²) in [5, 5.41) is 3.20. The van der Waals surface area contributed by atoms with Crippen molar-refractivity contribution >= 4 is 17.1 Å². The number of piperazine rings is 1. The Labute approximate surface area is 135 Å². The normalized spacial score (nSPS) is 15.0. The summed E-state index contributed by atoms with van der Waals surface area (Å²) in [7, 11) is 1.99. The second-order valence-electron chi connectivity index (χ2n) is 5.57. The number of nitrogens with zero attached hydrogens (tertiary/aromatic N) is 3. The first-order chi connectivity index (χ1) is 11.1. The van der Waals surface area contributed by atoms with E-state index in [2.05, 4.69) is 10.3 Å². The molecule has 0 saturated carbocycles. The standard InChI is InChI=1S/C16H22N4O3/c1-12-18-14-11-13(3-4-15(14)19(12)2)22-9-10-23-16(21)20-7-5-17-6-8-20/h3-4,11,17H,5-10H2,1-2H3.